The van der Waals surface area contributed by atoms with Gasteiger partial charge in [-0.2, -0.15) is 0 Å². The van der Waals surface area contributed by atoms with Gasteiger partial charge in [-0.05, 0) is 25.3 Å². The first-order chi connectivity index (χ1) is 7.25. The highest BCUT2D eigenvalue weighted by atomic mass is 32.1. The Kier molecular flexibility index (Phi) is 2.97. The molecule has 15 heavy (non-hydrogen) atoms. The molecule has 0 amide bonds. The van der Waals surface area contributed by atoms with Gasteiger partial charge in [-0.3, -0.25) is 4.98 Å². The molecular weight excluding hydrogens is 206 g/mol. The zero-order chi connectivity index (χ0) is 10.7. The van der Waals surface area contributed by atoms with Crippen LogP contribution in [0.4, 0.5) is 5.82 Å². The van der Waals surface area contributed by atoms with Crippen LogP contribution >= 0.6 is 11.3 Å². The highest BCUT2D eigenvalue weighted by Crippen LogP contribution is 2.13. The van der Waals surface area contributed by atoms with Gasteiger partial charge in [0.25, 0.3) is 0 Å². The van der Waals surface area contributed by atoms with Gasteiger partial charge < -0.3 is 5.32 Å². The number of hydrogen-bond acceptors (Lipinski definition) is 4. The fraction of sp³-hybridized carbons (Fsp3) is 0.273. The molecule has 0 aliphatic heterocycles. The summed E-state index contributed by atoms with van der Waals surface area (Å²) in [5.41, 5.74) is 1.88. The molecule has 0 atom stereocenters. The van der Waals surface area contributed by atoms with Crippen LogP contribution < -0.4 is 5.32 Å². The number of rotatable bonds is 3. The van der Waals surface area contributed by atoms with Gasteiger partial charge in [0, 0.05) is 11.1 Å². The molecule has 78 valence electrons. The number of aromatic nitrogens is 2. The topological polar surface area (TPSA) is 37.8 Å². The largest absolute Gasteiger partial charge is 0.364 e. The van der Waals surface area contributed by atoms with E-state index in [-0.39, 0.29) is 0 Å². The van der Waals surface area contributed by atoms with Gasteiger partial charge in [0.15, 0.2) is 0 Å². The Morgan fingerprint density at radius 2 is 2.27 bits per heavy atom. The van der Waals surface area contributed by atoms with Crippen molar-refractivity contribution in [3.63, 3.8) is 0 Å². The number of anilines is 1. The monoisotopic (exact) mass is 219 g/mol. The molecular formula is C11H13N3S. The molecule has 0 spiro atoms. The summed E-state index contributed by atoms with van der Waals surface area (Å²) < 4.78 is 0. The summed E-state index contributed by atoms with van der Waals surface area (Å²) in [4.78, 5) is 9.96. The number of aryl methyl sites for hydroxylation is 2. The summed E-state index contributed by atoms with van der Waals surface area (Å²) in [5.74, 6) is 0.878. The molecule has 0 bridgehead atoms. The Hall–Kier alpha value is -1.42. The van der Waals surface area contributed by atoms with Gasteiger partial charge in [0.2, 0.25) is 0 Å². The molecule has 3 nitrogen and oxygen atoms in total. The fourth-order valence-electron chi connectivity index (χ4n) is 1.29. The third-order valence-corrected chi connectivity index (χ3v) is 2.96. The minimum absolute atomic E-state index is 0.816. The van der Waals surface area contributed by atoms with Gasteiger partial charge in [-0.15, -0.1) is 11.3 Å². The first-order valence-electron chi connectivity index (χ1n) is 4.82. The number of hydrogen-bond donors (Lipinski definition) is 1. The quantitative estimate of drug-likeness (QED) is 0.862. The predicted molar refractivity (Wildman–Crippen MR) is 63.2 cm³/mol. The number of thiophene rings is 1. The van der Waals surface area contributed by atoms with Crippen molar-refractivity contribution in [2.24, 2.45) is 0 Å². The minimum Gasteiger partial charge on any atom is -0.364 e. The summed E-state index contributed by atoms with van der Waals surface area (Å²) >= 11 is 1.74. The highest BCUT2D eigenvalue weighted by Gasteiger charge is 2.01. The maximum absolute atomic E-state index is 4.40. The average molecular weight is 219 g/mol. The van der Waals surface area contributed by atoms with E-state index in [1.165, 1.54) is 4.88 Å². The zero-order valence-corrected chi connectivity index (χ0v) is 9.64. The Morgan fingerprint density at radius 1 is 1.40 bits per heavy atom. The normalized spacial score (nSPS) is 10.3. The van der Waals surface area contributed by atoms with Crippen LogP contribution in [0.15, 0.2) is 23.7 Å². The fourth-order valence-corrected chi connectivity index (χ4v) is 1.93. The van der Waals surface area contributed by atoms with Gasteiger partial charge in [-0.1, -0.05) is 6.07 Å². The van der Waals surface area contributed by atoms with E-state index in [1.807, 2.05) is 13.8 Å². The molecule has 0 saturated carbocycles. The van der Waals surface area contributed by atoms with Crippen LogP contribution in [0.5, 0.6) is 0 Å². The minimum atomic E-state index is 0.816. The summed E-state index contributed by atoms with van der Waals surface area (Å²) in [5, 5.41) is 5.37. The van der Waals surface area contributed by atoms with Crippen molar-refractivity contribution in [3.8, 4) is 0 Å². The molecule has 0 aliphatic carbocycles. The lowest BCUT2D eigenvalue weighted by molar-refractivity contribution is 1.03. The maximum atomic E-state index is 4.40. The van der Waals surface area contributed by atoms with E-state index in [0.717, 1.165) is 23.8 Å². The Labute approximate surface area is 93.2 Å². The second kappa shape index (κ2) is 4.40. The van der Waals surface area contributed by atoms with Gasteiger partial charge in [0.05, 0.1) is 17.9 Å². The second-order valence-electron chi connectivity index (χ2n) is 3.38. The number of nitrogens with one attached hydrogen (secondary N) is 1. The summed E-state index contributed by atoms with van der Waals surface area (Å²) in [6, 6.07) is 4.16. The molecule has 0 fully saturated rings. The van der Waals surface area contributed by atoms with E-state index in [1.54, 1.807) is 17.5 Å². The van der Waals surface area contributed by atoms with E-state index < -0.39 is 0 Å². The standard InChI is InChI=1S/C11H13N3S/c1-8-6-12-9(2)11(14-8)13-7-10-4-3-5-15-10/h3-6H,7H2,1-2H3,(H,13,14). The lowest BCUT2D eigenvalue weighted by Crippen LogP contribution is -2.04. The van der Waals surface area contributed by atoms with Crippen LogP contribution in [0.3, 0.4) is 0 Å². The van der Waals surface area contributed by atoms with Gasteiger partial charge in [0.1, 0.15) is 5.82 Å². The molecule has 2 aromatic rings. The first-order valence-corrected chi connectivity index (χ1v) is 5.70. The van der Waals surface area contributed by atoms with E-state index in [4.69, 9.17) is 0 Å². The summed E-state index contributed by atoms with van der Waals surface area (Å²) in [7, 11) is 0. The van der Waals surface area contributed by atoms with E-state index in [9.17, 15) is 0 Å². The second-order valence-corrected chi connectivity index (χ2v) is 4.41. The van der Waals surface area contributed by atoms with Crippen molar-refractivity contribution in [2.45, 2.75) is 20.4 Å². The van der Waals surface area contributed by atoms with Crippen LogP contribution in [-0.4, -0.2) is 9.97 Å². The maximum Gasteiger partial charge on any atom is 0.148 e. The number of nitrogens with zero attached hydrogens (tertiary/aromatic N) is 2. The van der Waals surface area contributed by atoms with Crippen LogP contribution in [-0.2, 0) is 6.54 Å². The van der Waals surface area contributed by atoms with Crippen LogP contribution in [0.1, 0.15) is 16.3 Å². The van der Waals surface area contributed by atoms with Crippen LogP contribution in [0.2, 0.25) is 0 Å². The van der Waals surface area contributed by atoms with Crippen LogP contribution in [0, 0.1) is 13.8 Å². The van der Waals surface area contributed by atoms with Gasteiger partial charge >= 0.3 is 0 Å². The van der Waals surface area contributed by atoms with Crippen molar-refractivity contribution in [2.75, 3.05) is 5.32 Å². The molecule has 2 rings (SSSR count). The Balaban J connectivity index is 2.07. The molecule has 1 N–H and O–H groups in total. The third kappa shape index (κ3) is 2.53. The van der Waals surface area contributed by atoms with E-state index in [2.05, 4.69) is 32.8 Å². The third-order valence-electron chi connectivity index (χ3n) is 2.09. The first kappa shape index (κ1) is 10.1. The van der Waals surface area contributed by atoms with Crippen molar-refractivity contribution < 1.29 is 0 Å². The van der Waals surface area contributed by atoms with E-state index in [0.29, 0.717) is 0 Å². The lowest BCUT2D eigenvalue weighted by atomic mass is 10.4. The average Bonchev–Trinajstić information content (AvgIpc) is 2.72. The molecule has 0 aliphatic rings. The highest BCUT2D eigenvalue weighted by molar-refractivity contribution is 7.09. The smallest absolute Gasteiger partial charge is 0.148 e. The molecule has 0 aromatic carbocycles. The predicted octanol–water partition coefficient (Wildman–Crippen LogP) is 2.77. The SMILES string of the molecule is Cc1cnc(C)c(NCc2cccs2)n1. The van der Waals surface area contributed by atoms with Crippen LogP contribution in [0.25, 0.3) is 0 Å². The lowest BCUT2D eigenvalue weighted by Gasteiger charge is -2.06. The Bertz CT molecular complexity index is 437. The molecule has 0 radical (unpaired) electrons. The molecule has 2 heterocycles. The van der Waals surface area contributed by atoms with Crippen molar-refractivity contribution in [3.05, 3.63) is 40.0 Å². The summed E-state index contributed by atoms with van der Waals surface area (Å²) in [6.07, 6.45) is 1.78. The summed E-state index contributed by atoms with van der Waals surface area (Å²) in [6.45, 7) is 4.72. The van der Waals surface area contributed by atoms with E-state index >= 15 is 0 Å². The zero-order valence-electron chi connectivity index (χ0n) is 8.82. The van der Waals surface area contributed by atoms with Gasteiger partial charge in [-0.25, -0.2) is 4.98 Å². The molecule has 4 heteroatoms. The molecule has 2 aromatic heterocycles. The van der Waals surface area contributed by atoms with Crippen molar-refractivity contribution in [1.29, 1.82) is 0 Å². The van der Waals surface area contributed by atoms with Crippen molar-refractivity contribution >= 4 is 17.2 Å². The van der Waals surface area contributed by atoms with Crippen molar-refractivity contribution in [1.82, 2.24) is 9.97 Å². The molecule has 0 unspecified atom stereocenters. The molecule has 0 saturated heterocycles. The Morgan fingerprint density at radius 3 is 3.00 bits per heavy atom.